The largest absolute Gasteiger partial charge is 0.381 e. The highest BCUT2D eigenvalue weighted by Crippen LogP contribution is 2.26. The van der Waals surface area contributed by atoms with Crippen molar-refractivity contribution < 1.29 is 9.53 Å². The van der Waals surface area contributed by atoms with E-state index in [0.29, 0.717) is 32.0 Å². The van der Waals surface area contributed by atoms with Crippen molar-refractivity contribution in [3.8, 4) is 0 Å². The van der Waals surface area contributed by atoms with E-state index in [-0.39, 0.29) is 5.91 Å². The van der Waals surface area contributed by atoms with E-state index < -0.39 is 5.54 Å². The lowest BCUT2D eigenvalue weighted by Crippen LogP contribution is -2.54. The molecule has 4 nitrogen and oxygen atoms in total. The Balaban J connectivity index is 2.14. The molecular formula is C15H22N2O2. The Kier molecular flexibility index (Phi) is 4.22. The molecule has 0 bridgehead atoms. The average molecular weight is 262 g/mol. The first-order valence-corrected chi connectivity index (χ1v) is 6.80. The highest BCUT2D eigenvalue weighted by atomic mass is 16.5. The first-order valence-electron chi connectivity index (χ1n) is 6.80. The summed E-state index contributed by atoms with van der Waals surface area (Å²) in [5.74, 6) is 0.254. The normalized spacial score (nSPS) is 18.3. The molecule has 19 heavy (non-hydrogen) atoms. The van der Waals surface area contributed by atoms with Gasteiger partial charge in [-0.25, -0.2) is 0 Å². The van der Waals surface area contributed by atoms with Crippen LogP contribution in [-0.2, 0) is 9.53 Å². The lowest BCUT2D eigenvalue weighted by Gasteiger charge is -2.32. The van der Waals surface area contributed by atoms with Gasteiger partial charge in [0.2, 0.25) is 5.91 Å². The zero-order chi connectivity index (χ0) is 13.9. The molecule has 2 rings (SSSR count). The number of benzene rings is 1. The van der Waals surface area contributed by atoms with E-state index in [0.717, 1.165) is 11.3 Å². The van der Waals surface area contributed by atoms with Crippen LogP contribution in [0.15, 0.2) is 24.3 Å². The topological polar surface area (TPSA) is 64.4 Å². The molecule has 0 aromatic heterocycles. The fourth-order valence-electron chi connectivity index (χ4n) is 2.32. The van der Waals surface area contributed by atoms with Crippen molar-refractivity contribution in [1.82, 2.24) is 0 Å². The summed E-state index contributed by atoms with van der Waals surface area (Å²) in [6.45, 7) is 5.32. The molecule has 0 atom stereocenters. The Hall–Kier alpha value is -1.39. The Morgan fingerprint density at radius 1 is 1.32 bits per heavy atom. The quantitative estimate of drug-likeness (QED) is 0.878. The Labute approximate surface area is 114 Å². The zero-order valence-corrected chi connectivity index (χ0v) is 11.6. The number of ether oxygens (including phenoxy) is 1. The van der Waals surface area contributed by atoms with Crippen LogP contribution in [0.25, 0.3) is 0 Å². The van der Waals surface area contributed by atoms with E-state index in [2.05, 4.69) is 19.2 Å². The minimum atomic E-state index is -0.803. The number of hydrogen-bond donors (Lipinski definition) is 2. The van der Waals surface area contributed by atoms with Gasteiger partial charge in [-0.15, -0.1) is 0 Å². The summed E-state index contributed by atoms with van der Waals surface area (Å²) in [6.07, 6.45) is 1.14. The van der Waals surface area contributed by atoms with Gasteiger partial charge in [0.1, 0.15) is 5.54 Å². The summed E-state index contributed by atoms with van der Waals surface area (Å²) in [5, 5.41) is 2.98. The fourth-order valence-corrected chi connectivity index (χ4v) is 2.32. The molecule has 1 aliphatic heterocycles. The highest BCUT2D eigenvalue weighted by molar-refractivity contribution is 5.98. The maximum atomic E-state index is 12.4. The number of nitrogens with two attached hydrogens (primary N) is 1. The van der Waals surface area contributed by atoms with Crippen LogP contribution < -0.4 is 11.1 Å². The third-order valence-corrected chi connectivity index (χ3v) is 3.67. The summed E-state index contributed by atoms with van der Waals surface area (Å²) in [6, 6.07) is 7.87. The molecular weight excluding hydrogens is 240 g/mol. The number of rotatable bonds is 3. The van der Waals surface area contributed by atoms with Crippen molar-refractivity contribution in [2.45, 2.75) is 38.1 Å². The molecule has 4 heteroatoms. The minimum absolute atomic E-state index is 0.107. The van der Waals surface area contributed by atoms with Gasteiger partial charge in [-0.05, 0) is 30.4 Å². The third-order valence-electron chi connectivity index (χ3n) is 3.67. The number of hydrogen-bond acceptors (Lipinski definition) is 3. The van der Waals surface area contributed by atoms with Crippen molar-refractivity contribution >= 4 is 11.6 Å². The van der Waals surface area contributed by atoms with Crippen LogP contribution in [0.5, 0.6) is 0 Å². The molecule has 3 N–H and O–H groups in total. The van der Waals surface area contributed by atoms with E-state index in [1.165, 1.54) is 0 Å². The Bertz CT molecular complexity index is 451. The smallest absolute Gasteiger partial charge is 0.244 e. The van der Waals surface area contributed by atoms with Crippen LogP contribution in [0.2, 0.25) is 0 Å². The van der Waals surface area contributed by atoms with Gasteiger partial charge in [0.05, 0.1) is 0 Å². The van der Waals surface area contributed by atoms with Gasteiger partial charge in [-0.1, -0.05) is 32.0 Å². The maximum absolute atomic E-state index is 12.4. The number of anilines is 1. The number of carbonyl (C=O) groups excluding carboxylic acids is 1. The van der Waals surface area contributed by atoms with E-state index >= 15 is 0 Å². The van der Waals surface area contributed by atoms with E-state index in [1.54, 1.807) is 0 Å². The molecule has 0 saturated carbocycles. The summed E-state index contributed by atoms with van der Waals surface area (Å²) < 4.78 is 5.27. The van der Waals surface area contributed by atoms with Crippen molar-refractivity contribution in [2.75, 3.05) is 18.5 Å². The first kappa shape index (κ1) is 14.0. The van der Waals surface area contributed by atoms with Gasteiger partial charge in [0.15, 0.2) is 0 Å². The molecule has 0 spiro atoms. The summed E-state index contributed by atoms with van der Waals surface area (Å²) in [7, 11) is 0. The molecule has 1 amide bonds. The molecule has 1 fully saturated rings. The Morgan fingerprint density at radius 3 is 2.58 bits per heavy atom. The predicted octanol–water partition coefficient (Wildman–Crippen LogP) is 2.26. The number of nitrogens with one attached hydrogen (secondary N) is 1. The maximum Gasteiger partial charge on any atom is 0.244 e. The molecule has 0 radical (unpaired) electrons. The van der Waals surface area contributed by atoms with Crippen molar-refractivity contribution in [1.29, 1.82) is 0 Å². The van der Waals surface area contributed by atoms with Crippen LogP contribution in [0.4, 0.5) is 5.69 Å². The minimum Gasteiger partial charge on any atom is -0.381 e. The van der Waals surface area contributed by atoms with Crippen LogP contribution in [0.1, 0.15) is 38.2 Å². The molecule has 1 heterocycles. The van der Waals surface area contributed by atoms with E-state index in [9.17, 15) is 4.79 Å². The SMILES string of the molecule is CC(C)c1ccccc1NC(=O)C1(N)CCOCC1. The molecule has 104 valence electrons. The monoisotopic (exact) mass is 262 g/mol. The van der Waals surface area contributed by atoms with Crippen molar-refractivity contribution in [3.05, 3.63) is 29.8 Å². The second-order valence-corrected chi connectivity index (χ2v) is 5.46. The standard InChI is InChI=1S/C15H22N2O2/c1-11(2)12-5-3-4-6-13(12)17-14(18)15(16)7-9-19-10-8-15/h3-6,11H,7-10,16H2,1-2H3,(H,17,18). The number of carbonyl (C=O) groups is 1. The van der Waals surface area contributed by atoms with Gasteiger partial charge >= 0.3 is 0 Å². The van der Waals surface area contributed by atoms with Crippen LogP contribution in [0.3, 0.4) is 0 Å². The van der Waals surface area contributed by atoms with Crippen molar-refractivity contribution in [3.63, 3.8) is 0 Å². The molecule has 0 unspecified atom stereocenters. The van der Waals surface area contributed by atoms with E-state index in [1.807, 2.05) is 24.3 Å². The molecule has 1 saturated heterocycles. The number of para-hydroxylation sites is 1. The lowest BCUT2D eigenvalue weighted by atomic mass is 9.90. The van der Waals surface area contributed by atoms with Gasteiger partial charge in [-0.2, -0.15) is 0 Å². The highest BCUT2D eigenvalue weighted by Gasteiger charge is 2.36. The molecule has 1 aromatic rings. The summed E-state index contributed by atoms with van der Waals surface area (Å²) in [5.41, 5.74) is 7.37. The Morgan fingerprint density at radius 2 is 1.95 bits per heavy atom. The summed E-state index contributed by atoms with van der Waals surface area (Å²) >= 11 is 0. The first-order chi connectivity index (χ1) is 9.03. The second kappa shape index (κ2) is 5.72. The van der Waals surface area contributed by atoms with Gasteiger partial charge in [-0.3, -0.25) is 4.79 Å². The van der Waals surface area contributed by atoms with E-state index in [4.69, 9.17) is 10.5 Å². The van der Waals surface area contributed by atoms with Gasteiger partial charge < -0.3 is 15.8 Å². The van der Waals surface area contributed by atoms with Crippen molar-refractivity contribution in [2.24, 2.45) is 5.73 Å². The van der Waals surface area contributed by atoms with Crippen LogP contribution in [0, 0.1) is 0 Å². The molecule has 1 aromatic carbocycles. The summed E-state index contributed by atoms with van der Waals surface area (Å²) in [4.78, 5) is 12.4. The third kappa shape index (κ3) is 3.14. The number of amides is 1. The average Bonchev–Trinajstić information content (AvgIpc) is 2.40. The van der Waals surface area contributed by atoms with Crippen LogP contribution >= 0.6 is 0 Å². The zero-order valence-electron chi connectivity index (χ0n) is 11.6. The lowest BCUT2D eigenvalue weighted by molar-refractivity contribution is -0.124. The molecule has 0 aliphatic carbocycles. The fraction of sp³-hybridized carbons (Fsp3) is 0.533. The van der Waals surface area contributed by atoms with Gasteiger partial charge in [0.25, 0.3) is 0 Å². The predicted molar refractivity (Wildman–Crippen MR) is 76.1 cm³/mol. The van der Waals surface area contributed by atoms with Crippen LogP contribution in [-0.4, -0.2) is 24.7 Å². The van der Waals surface area contributed by atoms with Gasteiger partial charge in [0, 0.05) is 18.9 Å². The second-order valence-electron chi connectivity index (χ2n) is 5.46. The molecule has 1 aliphatic rings.